The maximum absolute atomic E-state index is 12.1. The van der Waals surface area contributed by atoms with Crippen molar-refractivity contribution < 1.29 is 9.53 Å². The van der Waals surface area contributed by atoms with Crippen molar-refractivity contribution in [2.45, 2.75) is 31.3 Å². The summed E-state index contributed by atoms with van der Waals surface area (Å²) >= 11 is 1.63. The van der Waals surface area contributed by atoms with Crippen molar-refractivity contribution >= 4 is 28.8 Å². The van der Waals surface area contributed by atoms with Crippen molar-refractivity contribution in [3.8, 4) is 0 Å². The Labute approximate surface area is 111 Å². The lowest BCUT2D eigenvalue weighted by molar-refractivity contribution is 0.0544. The molecule has 0 aliphatic rings. The molecule has 96 valence electrons. The summed E-state index contributed by atoms with van der Waals surface area (Å²) in [7, 11) is 0. The zero-order valence-electron chi connectivity index (χ0n) is 11.1. The van der Waals surface area contributed by atoms with Crippen LogP contribution in [0.1, 0.15) is 20.8 Å². The van der Waals surface area contributed by atoms with Gasteiger partial charge in [-0.15, -0.1) is 11.8 Å². The molecule has 18 heavy (non-hydrogen) atoms. The van der Waals surface area contributed by atoms with E-state index in [0.717, 1.165) is 15.8 Å². The van der Waals surface area contributed by atoms with Gasteiger partial charge in [0.05, 0.1) is 5.52 Å². The molecule has 0 unspecified atom stereocenters. The number of thioether (sulfide) groups is 1. The van der Waals surface area contributed by atoms with Gasteiger partial charge in [-0.2, -0.15) is 0 Å². The lowest BCUT2D eigenvalue weighted by atomic mass is 10.2. The normalized spacial score (nSPS) is 11.8. The Morgan fingerprint density at radius 3 is 2.56 bits per heavy atom. The molecule has 3 nitrogen and oxygen atoms in total. The van der Waals surface area contributed by atoms with Crippen molar-refractivity contribution in [2.75, 3.05) is 6.26 Å². The van der Waals surface area contributed by atoms with Crippen LogP contribution in [-0.2, 0) is 4.74 Å². The first-order valence-electron chi connectivity index (χ1n) is 5.80. The predicted molar refractivity (Wildman–Crippen MR) is 75.4 cm³/mol. The van der Waals surface area contributed by atoms with Crippen molar-refractivity contribution in [3.63, 3.8) is 0 Å². The maximum atomic E-state index is 12.1. The highest BCUT2D eigenvalue weighted by atomic mass is 32.2. The molecule has 0 saturated carbocycles. The van der Waals surface area contributed by atoms with E-state index in [1.807, 2.05) is 57.5 Å². The van der Waals surface area contributed by atoms with Crippen LogP contribution in [0.25, 0.3) is 10.9 Å². The van der Waals surface area contributed by atoms with E-state index in [4.69, 9.17) is 4.74 Å². The molecule has 1 heterocycles. The molecule has 4 heteroatoms. The van der Waals surface area contributed by atoms with Crippen LogP contribution in [0.2, 0.25) is 0 Å². The number of carbonyl (C=O) groups excluding carboxylic acids is 1. The van der Waals surface area contributed by atoms with Crippen LogP contribution in [0.15, 0.2) is 35.4 Å². The van der Waals surface area contributed by atoms with Crippen molar-refractivity contribution in [3.05, 3.63) is 30.5 Å². The minimum atomic E-state index is -0.484. The molecule has 0 fully saturated rings. The Morgan fingerprint density at radius 2 is 1.94 bits per heavy atom. The topological polar surface area (TPSA) is 31.2 Å². The second-order valence-electron chi connectivity index (χ2n) is 5.06. The quantitative estimate of drug-likeness (QED) is 0.724. The second kappa shape index (κ2) is 4.69. The Kier molecular flexibility index (Phi) is 3.39. The van der Waals surface area contributed by atoms with Gasteiger partial charge in [-0.05, 0) is 33.1 Å². The van der Waals surface area contributed by atoms with Crippen LogP contribution in [0.4, 0.5) is 4.79 Å². The molecule has 0 saturated heterocycles. The number of carbonyl (C=O) groups is 1. The summed E-state index contributed by atoms with van der Waals surface area (Å²) in [6.07, 6.45) is 3.50. The zero-order valence-corrected chi connectivity index (χ0v) is 11.9. The third-order valence-electron chi connectivity index (χ3n) is 2.49. The van der Waals surface area contributed by atoms with Gasteiger partial charge in [-0.3, -0.25) is 4.57 Å². The van der Waals surface area contributed by atoms with Crippen molar-refractivity contribution in [2.24, 2.45) is 0 Å². The molecule has 0 aliphatic carbocycles. The summed E-state index contributed by atoms with van der Waals surface area (Å²) < 4.78 is 6.98. The first-order valence-corrected chi connectivity index (χ1v) is 7.02. The van der Waals surface area contributed by atoms with E-state index in [9.17, 15) is 4.79 Å². The second-order valence-corrected chi connectivity index (χ2v) is 5.91. The highest BCUT2D eigenvalue weighted by molar-refractivity contribution is 7.98. The number of ether oxygens (including phenoxy) is 1. The number of aromatic nitrogens is 1. The van der Waals surface area contributed by atoms with Gasteiger partial charge < -0.3 is 4.74 Å². The average Bonchev–Trinajstić information content (AvgIpc) is 2.65. The molecule has 0 radical (unpaired) electrons. The molecule has 2 aromatic rings. The summed E-state index contributed by atoms with van der Waals surface area (Å²) in [4.78, 5) is 13.2. The van der Waals surface area contributed by atoms with Gasteiger partial charge in [-0.1, -0.05) is 18.2 Å². The van der Waals surface area contributed by atoms with Crippen LogP contribution in [0, 0.1) is 0 Å². The molecule has 0 amide bonds. The monoisotopic (exact) mass is 263 g/mol. The molecule has 2 rings (SSSR count). The maximum Gasteiger partial charge on any atom is 0.419 e. The average molecular weight is 263 g/mol. The van der Waals surface area contributed by atoms with Gasteiger partial charge in [0.2, 0.25) is 0 Å². The van der Waals surface area contributed by atoms with E-state index < -0.39 is 5.60 Å². The number of hydrogen-bond donors (Lipinski definition) is 0. The van der Waals surface area contributed by atoms with Gasteiger partial charge in [-0.25, -0.2) is 4.79 Å². The SMILES string of the molecule is CSc1cn(C(=O)OC(C)(C)C)c2ccccc12. The van der Waals surface area contributed by atoms with E-state index in [1.165, 1.54) is 0 Å². The molecule has 0 atom stereocenters. The van der Waals surface area contributed by atoms with Crippen molar-refractivity contribution in [1.29, 1.82) is 0 Å². The van der Waals surface area contributed by atoms with E-state index in [-0.39, 0.29) is 6.09 Å². The summed E-state index contributed by atoms with van der Waals surface area (Å²) in [5, 5.41) is 1.08. The standard InChI is InChI=1S/C14H17NO2S/c1-14(2,3)17-13(16)15-9-12(18-4)10-7-5-6-8-11(10)15/h5-9H,1-4H3. The minimum Gasteiger partial charge on any atom is -0.443 e. The number of rotatable bonds is 1. The number of nitrogens with zero attached hydrogens (tertiary/aromatic N) is 1. The lowest BCUT2D eigenvalue weighted by Gasteiger charge is -2.19. The third kappa shape index (κ3) is 2.53. The summed E-state index contributed by atoms with van der Waals surface area (Å²) in [6.45, 7) is 5.60. The molecule has 0 bridgehead atoms. The fourth-order valence-electron chi connectivity index (χ4n) is 1.77. The molecular formula is C14H17NO2S. The Bertz CT molecular complexity index is 581. The molecule has 0 N–H and O–H groups in total. The van der Waals surface area contributed by atoms with E-state index in [0.29, 0.717) is 0 Å². The summed E-state index contributed by atoms with van der Waals surface area (Å²) in [5.41, 5.74) is 0.401. The molecule has 1 aromatic carbocycles. The molecular weight excluding hydrogens is 246 g/mol. The van der Waals surface area contributed by atoms with Crippen molar-refractivity contribution in [1.82, 2.24) is 4.57 Å². The fraction of sp³-hybridized carbons (Fsp3) is 0.357. The largest absolute Gasteiger partial charge is 0.443 e. The van der Waals surface area contributed by atoms with Crippen LogP contribution < -0.4 is 0 Å². The predicted octanol–water partition coefficient (Wildman–Crippen LogP) is 4.15. The van der Waals surface area contributed by atoms with Crippen LogP contribution in [-0.4, -0.2) is 22.5 Å². The summed E-state index contributed by atoms with van der Waals surface area (Å²) in [5.74, 6) is 0. The first-order chi connectivity index (χ1) is 8.42. The van der Waals surface area contributed by atoms with Gasteiger partial charge in [0.25, 0.3) is 0 Å². The number of fused-ring (bicyclic) bond motifs is 1. The van der Waals surface area contributed by atoms with Gasteiger partial charge in [0, 0.05) is 16.5 Å². The number of hydrogen-bond acceptors (Lipinski definition) is 3. The highest BCUT2D eigenvalue weighted by Crippen LogP contribution is 2.28. The molecule has 0 spiro atoms. The lowest BCUT2D eigenvalue weighted by Crippen LogP contribution is -2.26. The van der Waals surface area contributed by atoms with E-state index >= 15 is 0 Å². The zero-order chi connectivity index (χ0) is 13.3. The van der Waals surface area contributed by atoms with E-state index in [2.05, 4.69) is 0 Å². The third-order valence-corrected chi connectivity index (χ3v) is 3.25. The van der Waals surface area contributed by atoms with Gasteiger partial charge in [0.15, 0.2) is 0 Å². The van der Waals surface area contributed by atoms with Crippen LogP contribution in [0.3, 0.4) is 0 Å². The Morgan fingerprint density at radius 1 is 1.28 bits per heavy atom. The van der Waals surface area contributed by atoms with Crippen LogP contribution in [0.5, 0.6) is 0 Å². The van der Waals surface area contributed by atoms with Gasteiger partial charge >= 0.3 is 6.09 Å². The van der Waals surface area contributed by atoms with Crippen LogP contribution >= 0.6 is 11.8 Å². The first kappa shape index (κ1) is 13.0. The smallest absolute Gasteiger partial charge is 0.419 e. The minimum absolute atomic E-state index is 0.334. The highest BCUT2D eigenvalue weighted by Gasteiger charge is 2.20. The number of para-hydroxylation sites is 1. The van der Waals surface area contributed by atoms with Gasteiger partial charge in [0.1, 0.15) is 5.60 Å². The molecule has 1 aromatic heterocycles. The Hall–Kier alpha value is -1.42. The number of benzene rings is 1. The fourth-order valence-corrected chi connectivity index (χ4v) is 2.38. The van der Waals surface area contributed by atoms with E-state index in [1.54, 1.807) is 16.3 Å². The Balaban J connectivity index is 2.48. The summed E-state index contributed by atoms with van der Waals surface area (Å²) in [6, 6.07) is 7.84. The molecule has 0 aliphatic heterocycles.